The molecule has 0 bridgehead atoms. The van der Waals surface area contributed by atoms with E-state index in [0.717, 1.165) is 44.5 Å². The van der Waals surface area contributed by atoms with Crippen LogP contribution < -0.4 is 10.1 Å². The first-order valence-corrected chi connectivity index (χ1v) is 7.61. The molecule has 0 saturated heterocycles. The van der Waals surface area contributed by atoms with E-state index < -0.39 is 5.97 Å². The molecule has 0 unspecified atom stereocenters. The fraction of sp³-hybridized carbons (Fsp3) is 0.588. The first-order valence-electron chi connectivity index (χ1n) is 7.61. The molecule has 2 N–H and O–H groups in total. The molecule has 0 saturated carbocycles. The molecule has 0 aliphatic heterocycles. The summed E-state index contributed by atoms with van der Waals surface area (Å²) in [5.74, 6) is 0.274. The Hall–Kier alpha value is -1.55. The number of aliphatic carboxylic acids is 1. The van der Waals surface area contributed by atoms with Gasteiger partial charge in [-0.05, 0) is 49.9 Å². The highest BCUT2D eigenvalue weighted by molar-refractivity contribution is 5.66. The van der Waals surface area contributed by atoms with Crippen LogP contribution in [0.4, 0.5) is 0 Å². The number of nitrogens with one attached hydrogen (secondary N) is 1. The number of ether oxygens (including phenoxy) is 1. The summed E-state index contributed by atoms with van der Waals surface area (Å²) in [5.41, 5.74) is 3.61. The minimum absolute atomic E-state index is 0.290. The van der Waals surface area contributed by atoms with Gasteiger partial charge in [0.05, 0.1) is 7.11 Å². The van der Waals surface area contributed by atoms with Gasteiger partial charge in [-0.3, -0.25) is 4.79 Å². The van der Waals surface area contributed by atoms with Gasteiger partial charge in [0.15, 0.2) is 0 Å². The third-order valence-corrected chi connectivity index (χ3v) is 3.55. The van der Waals surface area contributed by atoms with E-state index in [1.54, 1.807) is 7.11 Å². The zero-order chi connectivity index (χ0) is 15.7. The van der Waals surface area contributed by atoms with E-state index in [4.69, 9.17) is 9.84 Å². The summed E-state index contributed by atoms with van der Waals surface area (Å²) in [4.78, 5) is 10.4. The molecule has 0 aliphatic rings. The molecule has 4 nitrogen and oxygen atoms in total. The lowest BCUT2D eigenvalue weighted by Crippen LogP contribution is -2.15. The van der Waals surface area contributed by atoms with Gasteiger partial charge in [0.1, 0.15) is 5.75 Å². The Labute approximate surface area is 127 Å². The smallest absolute Gasteiger partial charge is 0.303 e. The minimum Gasteiger partial charge on any atom is -0.496 e. The molecule has 0 aromatic heterocycles. The van der Waals surface area contributed by atoms with Crippen LogP contribution in [0.1, 0.15) is 48.8 Å². The Morgan fingerprint density at radius 1 is 1.14 bits per heavy atom. The maximum atomic E-state index is 10.4. The molecule has 0 heterocycles. The van der Waals surface area contributed by atoms with Crippen LogP contribution in [0.15, 0.2) is 12.1 Å². The molecule has 118 valence electrons. The predicted molar refractivity (Wildman–Crippen MR) is 84.9 cm³/mol. The van der Waals surface area contributed by atoms with Crippen LogP contribution in [0.25, 0.3) is 0 Å². The van der Waals surface area contributed by atoms with E-state index in [2.05, 4.69) is 31.3 Å². The molecule has 0 amide bonds. The SMILES string of the molecule is COc1c(C)cc(CNCCCCCCC(=O)O)cc1C. The van der Waals surface area contributed by atoms with Crippen molar-refractivity contribution in [1.29, 1.82) is 0 Å². The van der Waals surface area contributed by atoms with Gasteiger partial charge in [0.2, 0.25) is 0 Å². The van der Waals surface area contributed by atoms with E-state index in [1.807, 2.05) is 0 Å². The van der Waals surface area contributed by atoms with Gasteiger partial charge >= 0.3 is 5.97 Å². The molecule has 1 rings (SSSR count). The highest BCUT2D eigenvalue weighted by Crippen LogP contribution is 2.24. The van der Waals surface area contributed by atoms with Crippen molar-refractivity contribution in [2.24, 2.45) is 0 Å². The Balaban J connectivity index is 2.20. The van der Waals surface area contributed by atoms with Crippen LogP contribution in [-0.4, -0.2) is 24.7 Å². The van der Waals surface area contributed by atoms with E-state index in [0.29, 0.717) is 0 Å². The molecule has 0 fully saturated rings. The van der Waals surface area contributed by atoms with E-state index in [1.165, 1.54) is 16.7 Å². The maximum absolute atomic E-state index is 10.4. The van der Waals surface area contributed by atoms with E-state index >= 15 is 0 Å². The third-order valence-electron chi connectivity index (χ3n) is 3.55. The summed E-state index contributed by atoms with van der Waals surface area (Å²) < 4.78 is 5.37. The number of unbranched alkanes of at least 4 members (excludes halogenated alkanes) is 3. The van der Waals surface area contributed by atoms with Crippen molar-refractivity contribution in [3.8, 4) is 5.75 Å². The Morgan fingerprint density at radius 2 is 1.76 bits per heavy atom. The maximum Gasteiger partial charge on any atom is 0.303 e. The Kier molecular flexibility index (Phi) is 7.83. The fourth-order valence-corrected chi connectivity index (χ4v) is 2.58. The lowest BCUT2D eigenvalue weighted by Gasteiger charge is -2.12. The largest absolute Gasteiger partial charge is 0.496 e. The van der Waals surface area contributed by atoms with Crippen LogP contribution in [0.3, 0.4) is 0 Å². The molecule has 0 aliphatic carbocycles. The number of aryl methyl sites for hydroxylation is 2. The van der Waals surface area contributed by atoms with Crippen LogP contribution in [0.2, 0.25) is 0 Å². The van der Waals surface area contributed by atoms with Crippen LogP contribution in [0.5, 0.6) is 5.75 Å². The predicted octanol–water partition coefficient (Wildman–Crippen LogP) is 3.44. The van der Waals surface area contributed by atoms with Crippen LogP contribution in [-0.2, 0) is 11.3 Å². The van der Waals surface area contributed by atoms with Gasteiger partial charge < -0.3 is 15.2 Å². The number of carboxylic acids is 1. The van der Waals surface area contributed by atoms with Crippen molar-refractivity contribution < 1.29 is 14.6 Å². The van der Waals surface area contributed by atoms with Crippen LogP contribution in [0, 0.1) is 13.8 Å². The summed E-state index contributed by atoms with van der Waals surface area (Å²) >= 11 is 0. The van der Waals surface area contributed by atoms with Gasteiger partial charge in [-0.2, -0.15) is 0 Å². The zero-order valence-corrected chi connectivity index (χ0v) is 13.4. The average Bonchev–Trinajstić information content (AvgIpc) is 2.41. The highest BCUT2D eigenvalue weighted by atomic mass is 16.5. The molecule has 0 atom stereocenters. The number of hydrogen-bond acceptors (Lipinski definition) is 3. The Morgan fingerprint density at radius 3 is 2.33 bits per heavy atom. The molecule has 1 aromatic carbocycles. The van der Waals surface area contributed by atoms with Gasteiger partial charge in [0.25, 0.3) is 0 Å². The number of methoxy groups -OCH3 is 1. The first-order chi connectivity index (χ1) is 10.0. The average molecular weight is 293 g/mol. The molecule has 1 aromatic rings. The molecular weight excluding hydrogens is 266 g/mol. The number of rotatable bonds is 10. The fourth-order valence-electron chi connectivity index (χ4n) is 2.58. The van der Waals surface area contributed by atoms with E-state index in [-0.39, 0.29) is 6.42 Å². The topological polar surface area (TPSA) is 58.6 Å². The molecule has 4 heteroatoms. The summed E-state index contributed by atoms with van der Waals surface area (Å²) in [5, 5.41) is 12.0. The van der Waals surface area contributed by atoms with Crippen molar-refractivity contribution in [2.75, 3.05) is 13.7 Å². The molecule has 21 heavy (non-hydrogen) atoms. The van der Waals surface area contributed by atoms with E-state index in [9.17, 15) is 4.79 Å². The second-order valence-corrected chi connectivity index (χ2v) is 5.50. The van der Waals surface area contributed by atoms with Crippen molar-refractivity contribution in [1.82, 2.24) is 5.32 Å². The number of carboxylic acid groups (broad SMARTS) is 1. The van der Waals surface area contributed by atoms with Crippen molar-refractivity contribution in [3.05, 3.63) is 28.8 Å². The quantitative estimate of drug-likeness (QED) is 0.649. The lowest BCUT2D eigenvalue weighted by atomic mass is 10.1. The van der Waals surface area contributed by atoms with Gasteiger partial charge in [0, 0.05) is 13.0 Å². The summed E-state index contributed by atoms with van der Waals surface area (Å²) in [6.45, 7) is 5.97. The zero-order valence-electron chi connectivity index (χ0n) is 13.4. The summed E-state index contributed by atoms with van der Waals surface area (Å²) in [7, 11) is 1.71. The molecule has 0 radical (unpaired) electrons. The number of hydrogen-bond donors (Lipinski definition) is 2. The van der Waals surface area contributed by atoms with Gasteiger partial charge in [-0.25, -0.2) is 0 Å². The second kappa shape index (κ2) is 9.40. The minimum atomic E-state index is -0.696. The first kappa shape index (κ1) is 17.5. The normalized spacial score (nSPS) is 10.6. The highest BCUT2D eigenvalue weighted by Gasteiger charge is 2.04. The molecular formula is C17H27NO3. The standard InChI is InChI=1S/C17H27NO3/c1-13-10-15(11-14(2)17(13)21-3)12-18-9-7-5-4-6-8-16(19)20/h10-11,18H,4-9,12H2,1-3H3,(H,19,20). The van der Waals surface area contributed by atoms with Gasteiger partial charge in [-0.15, -0.1) is 0 Å². The van der Waals surface area contributed by atoms with Crippen molar-refractivity contribution >= 4 is 5.97 Å². The van der Waals surface area contributed by atoms with Crippen molar-refractivity contribution in [2.45, 2.75) is 52.5 Å². The Bertz CT molecular complexity index is 434. The third kappa shape index (κ3) is 6.63. The summed E-state index contributed by atoms with van der Waals surface area (Å²) in [6.07, 6.45) is 4.24. The van der Waals surface area contributed by atoms with Crippen LogP contribution >= 0.6 is 0 Å². The summed E-state index contributed by atoms with van der Waals surface area (Å²) in [6, 6.07) is 4.32. The lowest BCUT2D eigenvalue weighted by molar-refractivity contribution is -0.137. The monoisotopic (exact) mass is 293 g/mol. The molecule has 0 spiro atoms. The number of carbonyl (C=O) groups is 1. The van der Waals surface area contributed by atoms with Crippen molar-refractivity contribution in [3.63, 3.8) is 0 Å². The second-order valence-electron chi connectivity index (χ2n) is 5.50. The van der Waals surface area contributed by atoms with Gasteiger partial charge in [-0.1, -0.05) is 25.0 Å². The number of benzene rings is 1.